The highest BCUT2D eigenvalue weighted by Gasteiger charge is 2.35. The fourth-order valence-corrected chi connectivity index (χ4v) is 2.60. The van der Waals surface area contributed by atoms with Crippen LogP contribution < -0.4 is 20.1 Å². The molecule has 0 aromatic heterocycles. The van der Waals surface area contributed by atoms with Gasteiger partial charge in [0.1, 0.15) is 13.2 Å². The van der Waals surface area contributed by atoms with Crippen molar-refractivity contribution in [2.75, 3.05) is 26.3 Å². The number of carbonyl (C=O) groups excluding carboxylic acids is 1. The van der Waals surface area contributed by atoms with Gasteiger partial charge in [-0.3, -0.25) is 4.79 Å². The van der Waals surface area contributed by atoms with Crippen LogP contribution in [0.5, 0.6) is 11.5 Å². The van der Waals surface area contributed by atoms with Crippen molar-refractivity contribution in [1.29, 1.82) is 0 Å². The van der Waals surface area contributed by atoms with Gasteiger partial charge in [-0.05, 0) is 37.6 Å². The van der Waals surface area contributed by atoms with Crippen LogP contribution in [0.3, 0.4) is 0 Å². The summed E-state index contributed by atoms with van der Waals surface area (Å²) in [5.74, 6) is 1.65. The third-order valence-corrected chi connectivity index (χ3v) is 3.98. The predicted octanol–water partition coefficient (Wildman–Crippen LogP) is 1.07. The highest BCUT2D eigenvalue weighted by Crippen LogP contribution is 2.31. The molecule has 0 radical (unpaired) electrons. The van der Waals surface area contributed by atoms with Crippen molar-refractivity contribution in [3.63, 3.8) is 0 Å². The van der Waals surface area contributed by atoms with Gasteiger partial charge in [-0.15, -0.1) is 0 Å². The zero-order valence-electron chi connectivity index (χ0n) is 11.7. The Labute approximate surface area is 118 Å². The zero-order chi connectivity index (χ0) is 14.0. The number of hydrogen-bond donors (Lipinski definition) is 2. The summed E-state index contributed by atoms with van der Waals surface area (Å²) < 4.78 is 11.0. The van der Waals surface area contributed by atoms with Crippen LogP contribution in [-0.4, -0.2) is 32.2 Å². The molecule has 20 heavy (non-hydrogen) atoms. The predicted molar refractivity (Wildman–Crippen MR) is 74.9 cm³/mol. The molecule has 3 rings (SSSR count). The van der Waals surface area contributed by atoms with Crippen molar-refractivity contribution < 1.29 is 14.3 Å². The first-order chi connectivity index (χ1) is 9.67. The Balaban J connectivity index is 1.62. The molecule has 1 unspecified atom stereocenters. The summed E-state index contributed by atoms with van der Waals surface area (Å²) >= 11 is 0. The summed E-state index contributed by atoms with van der Waals surface area (Å²) in [6, 6.07) is 5.79. The summed E-state index contributed by atoms with van der Waals surface area (Å²) in [6.45, 7) is 5.35. The maximum absolute atomic E-state index is 12.2. The Hall–Kier alpha value is -1.75. The molecule has 2 aliphatic rings. The summed E-state index contributed by atoms with van der Waals surface area (Å²) in [4.78, 5) is 12.2. The summed E-state index contributed by atoms with van der Waals surface area (Å²) in [5, 5.41) is 6.25. The van der Waals surface area contributed by atoms with E-state index in [2.05, 4.69) is 10.6 Å². The van der Waals surface area contributed by atoms with Gasteiger partial charge in [0.2, 0.25) is 5.91 Å². The lowest BCUT2D eigenvalue weighted by Gasteiger charge is -2.22. The van der Waals surface area contributed by atoms with E-state index in [1.807, 2.05) is 25.1 Å². The molecule has 1 fully saturated rings. The Bertz CT molecular complexity index is 510. The molecule has 5 nitrogen and oxygen atoms in total. The van der Waals surface area contributed by atoms with Crippen molar-refractivity contribution in [1.82, 2.24) is 10.6 Å². The van der Waals surface area contributed by atoms with Crippen LogP contribution in [0.25, 0.3) is 0 Å². The Morgan fingerprint density at radius 1 is 1.35 bits per heavy atom. The number of ether oxygens (including phenoxy) is 2. The maximum Gasteiger partial charge on any atom is 0.227 e. The van der Waals surface area contributed by atoms with Crippen molar-refractivity contribution in [2.45, 2.75) is 19.9 Å². The van der Waals surface area contributed by atoms with Crippen LogP contribution in [0.15, 0.2) is 18.2 Å². The van der Waals surface area contributed by atoms with E-state index in [0.717, 1.165) is 36.6 Å². The van der Waals surface area contributed by atoms with Gasteiger partial charge < -0.3 is 20.1 Å². The standard InChI is InChI=1S/C15H20N2O3/c1-15(4-5-16-10-15)14(18)17-9-11-2-3-12-13(8-11)20-7-6-19-12/h2-3,8,16H,4-7,9-10H2,1H3,(H,17,18). The van der Waals surface area contributed by atoms with Gasteiger partial charge in [0.25, 0.3) is 0 Å². The molecular weight excluding hydrogens is 256 g/mol. The fraction of sp³-hybridized carbons (Fsp3) is 0.533. The zero-order valence-corrected chi connectivity index (χ0v) is 11.7. The third kappa shape index (κ3) is 2.58. The van der Waals surface area contributed by atoms with Crippen LogP contribution in [0, 0.1) is 5.41 Å². The van der Waals surface area contributed by atoms with Crippen LogP contribution in [0.2, 0.25) is 0 Å². The molecule has 1 atom stereocenters. The van der Waals surface area contributed by atoms with Crippen LogP contribution in [0.4, 0.5) is 0 Å². The number of rotatable bonds is 3. The molecule has 2 N–H and O–H groups in total. The molecule has 108 valence electrons. The van der Waals surface area contributed by atoms with Crippen LogP contribution in [0.1, 0.15) is 18.9 Å². The Kier molecular flexibility index (Phi) is 3.53. The average molecular weight is 276 g/mol. The van der Waals surface area contributed by atoms with Gasteiger partial charge in [0.05, 0.1) is 5.41 Å². The van der Waals surface area contributed by atoms with Gasteiger partial charge in [-0.1, -0.05) is 6.07 Å². The minimum Gasteiger partial charge on any atom is -0.486 e. The van der Waals surface area contributed by atoms with E-state index in [0.29, 0.717) is 19.8 Å². The first-order valence-electron chi connectivity index (χ1n) is 7.05. The number of nitrogens with one attached hydrogen (secondary N) is 2. The van der Waals surface area contributed by atoms with Crippen molar-refractivity contribution in [3.8, 4) is 11.5 Å². The van der Waals surface area contributed by atoms with Gasteiger partial charge in [0, 0.05) is 13.1 Å². The van der Waals surface area contributed by atoms with Crippen molar-refractivity contribution >= 4 is 5.91 Å². The first-order valence-corrected chi connectivity index (χ1v) is 7.05. The molecular formula is C15H20N2O3. The second-order valence-electron chi connectivity index (χ2n) is 5.65. The van der Waals surface area contributed by atoms with Gasteiger partial charge in [-0.25, -0.2) is 0 Å². The number of fused-ring (bicyclic) bond motifs is 1. The number of benzene rings is 1. The molecule has 0 aliphatic carbocycles. The average Bonchev–Trinajstić information content (AvgIpc) is 2.92. The van der Waals surface area contributed by atoms with Crippen LogP contribution >= 0.6 is 0 Å². The van der Waals surface area contributed by atoms with E-state index >= 15 is 0 Å². The van der Waals surface area contributed by atoms with E-state index in [1.165, 1.54) is 0 Å². The molecule has 0 saturated carbocycles. The van der Waals surface area contributed by atoms with Gasteiger partial charge in [-0.2, -0.15) is 0 Å². The van der Waals surface area contributed by atoms with E-state index < -0.39 is 0 Å². The number of carbonyl (C=O) groups is 1. The third-order valence-electron chi connectivity index (χ3n) is 3.98. The summed E-state index contributed by atoms with van der Waals surface area (Å²) in [5.41, 5.74) is 0.741. The SMILES string of the molecule is CC1(C(=O)NCc2ccc3c(c2)OCCO3)CCNC1. The molecule has 1 aromatic rings. The Morgan fingerprint density at radius 3 is 2.90 bits per heavy atom. The minimum atomic E-state index is -0.284. The molecule has 0 bridgehead atoms. The molecule has 1 amide bonds. The molecule has 0 spiro atoms. The smallest absolute Gasteiger partial charge is 0.227 e. The number of hydrogen-bond acceptors (Lipinski definition) is 4. The van der Waals surface area contributed by atoms with E-state index in [9.17, 15) is 4.79 Å². The largest absolute Gasteiger partial charge is 0.486 e. The molecule has 1 aromatic carbocycles. The van der Waals surface area contributed by atoms with Gasteiger partial charge in [0.15, 0.2) is 11.5 Å². The summed E-state index contributed by atoms with van der Waals surface area (Å²) in [6.07, 6.45) is 0.889. The molecule has 2 heterocycles. The lowest BCUT2D eigenvalue weighted by Crippen LogP contribution is -2.40. The van der Waals surface area contributed by atoms with E-state index in [1.54, 1.807) is 0 Å². The minimum absolute atomic E-state index is 0.109. The first kappa shape index (κ1) is 13.2. The highest BCUT2D eigenvalue weighted by molar-refractivity contribution is 5.82. The lowest BCUT2D eigenvalue weighted by atomic mass is 9.89. The fourth-order valence-electron chi connectivity index (χ4n) is 2.60. The topological polar surface area (TPSA) is 59.6 Å². The second kappa shape index (κ2) is 5.32. The summed E-state index contributed by atoms with van der Waals surface area (Å²) in [7, 11) is 0. The molecule has 2 aliphatic heterocycles. The van der Waals surface area contributed by atoms with Crippen molar-refractivity contribution in [3.05, 3.63) is 23.8 Å². The normalized spacial score (nSPS) is 24.4. The highest BCUT2D eigenvalue weighted by atomic mass is 16.6. The lowest BCUT2D eigenvalue weighted by molar-refractivity contribution is -0.129. The second-order valence-corrected chi connectivity index (χ2v) is 5.65. The quantitative estimate of drug-likeness (QED) is 0.867. The van der Waals surface area contributed by atoms with E-state index in [4.69, 9.17) is 9.47 Å². The van der Waals surface area contributed by atoms with Crippen molar-refractivity contribution in [2.24, 2.45) is 5.41 Å². The van der Waals surface area contributed by atoms with Crippen LogP contribution in [-0.2, 0) is 11.3 Å². The number of amides is 1. The van der Waals surface area contributed by atoms with Gasteiger partial charge >= 0.3 is 0 Å². The maximum atomic E-state index is 12.2. The molecule has 5 heteroatoms. The monoisotopic (exact) mass is 276 g/mol. The molecule has 1 saturated heterocycles. The Morgan fingerprint density at radius 2 is 2.15 bits per heavy atom. The van der Waals surface area contributed by atoms with E-state index in [-0.39, 0.29) is 11.3 Å².